The van der Waals surface area contributed by atoms with Gasteiger partial charge in [0.1, 0.15) is 0 Å². The van der Waals surface area contributed by atoms with Gasteiger partial charge in [-0.3, -0.25) is 4.79 Å². The van der Waals surface area contributed by atoms with Crippen LogP contribution in [-0.2, 0) is 30.8 Å². The molecule has 0 bridgehead atoms. The third-order valence-electron chi connectivity index (χ3n) is 4.00. The lowest BCUT2D eigenvalue weighted by Gasteiger charge is -2.08. The molecule has 0 aromatic heterocycles. The molecule has 2 aromatic rings. The fourth-order valence-electron chi connectivity index (χ4n) is 2.70. The Morgan fingerprint density at radius 1 is 1.14 bits per heavy atom. The maximum Gasteiger partial charge on any atom is 0.224 e. The second-order valence-corrected chi connectivity index (χ2v) is 5.59. The Labute approximate surface area is 125 Å². The van der Waals surface area contributed by atoms with Gasteiger partial charge >= 0.3 is 0 Å². The lowest BCUT2D eigenvalue weighted by atomic mass is 10.0. The van der Waals surface area contributed by atoms with Crippen LogP contribution in [0.1, 0.15) is 27.8 Å². The average Bonchev–Trinajstić information content (AvgIpc) is 2.95. The molecular weight excluding hydrogens is 260 g/mol. The Kier molecular flexibility index (Phi) is 4.02. The van der Waals surface area contributed by atoms with Gasteiger partial charge in [0.15, 0.2) is 0 Å². The third kappa shape index (κ3) is 3.31. The number of carbonyl (C=O) groups excluding carboxylic acids is 1. The second-order valence-electron chi connectivity index (χ2n) is 5.59. The number of carbonyl (C=O) groups is 1. The molecule has 1 aliphatic heterocycles. The van der Waals surface area contributed by atoms with Gasteiger partial charge in [0.2, 0.25) is 5.91 Å². The molecule has 2 aromatic carbocycles. The van der Waals surface area contributed by atoms with E-state index >= 15 is 0 Å². The van der Waals surface area contributed by atoms with Gasteiger partial charge in [-0.2, -0.15) is 0 Å². The first kappa shape index (κ1) is 13.8. The summed E-state index contributed by atoms with van der Waals surface area (Å²) in [6, 6.07) is 14.5. The third-order valence-corrected chi connectivity index (χ3v) is 4.00. The number of nitrogens with one attached hydrogen (secondary N) is 2. The Bertz CT molecular complexity index is 664. The van der Waals surface area contributed by atoms with Crippen molar-refractivity contribution < 1.29 is 4.79 Å². The normalized spacial score (nSPS) is 13.0. The second kappa shape index (κ2) is 6.10. The van der Waals surface area contributed by atoms with Gasteiger partial charge in [-0.15, -0.1) is 0 Å². The van der Waals surface area contributed by atoms with E-state index in [9.17, 15) is 4.79 Å². The molecule has 1 heterocycles. The van der Waals surface area contributed by atoms with Crippen LogP contribution in [0.5, 0.6) is 0 Å². The van der Waals surface area contributed by atoms with E-state index in [0.29, 0.717) is 13.0 Å². The number of hydrogen-bond donors (Lipinski definition) is 2. The van der Waals surface area contributed by atoms with E-state index < -0.39 is 0 Å². The number of amides is 1. The van der Waals surface area contributed by atoms with Crippen molar-refractivity contribution in [3.05, 3.63) is 70.3 Å². The Morgan fingerprint density at radius 3 is 2.81 bits per heavy atom. The van der Waals surface area contributed by atoms with E-state index in [0.717, 1.165) is 29.8 Å². The van der Waals surface area contributed by atoms with Crippen molar-refractivity contribution in [1.29, 1.82) is 0 Å². The zero-order valence-electron chi connectivity index (χ0n) is 12.3. The van der Waals surface area contributed by atoms with Crippen molar-refractivity contribution in [3.63, 3.8) is 0 Å². The summed E-state index contributed by atoms with van der Waals surface area (Å²) < 4.78 is 0. The zero-order chi connectivity index (χ0) is 14.7. The molecule has 3 heteroatoms. The molecule has 3 nitrogen and oxygen atoms in total. The fraction of sp³-hybridized carbons (Fsp3) is 0.278. The maximum atomic E-state index is 12.0. The SMILES string of the molecule is Cc1ccccc1CC(=O)NCc1ccc2c(c1)CNC2. The summed E-state index contributed by atoms with van der Waals surface area (Å²) in [5, 5.41) is 6.34. The minimum Gasteiger partial charge on any atom is -0.352 e. The van der Waals surface area contributed by atoms with Gasteiger partial charge in [-0.25, -0.2) is 0 Å². The number of aryl methyl sites for hydroxylation is 1. The lowest BCUT2D eigenvalue weighted by molar-refractivity contribution is -0.120. The molecular formula is C18H20N2O. The predicted molar refractivity (Wildman–Crippen MR) is 83.7 cm³/mol. The minimum absolute atomic E-state index is 0.0722. The van der Waals surface area contributed by atoms with Crippen LogP contribution in [0.2, 0.25) is 0 Å². The highest BCUT2D eigenvalue weighted by Crippen LogP contribution is 2.17. The van der Waals surface area contributed by atoms with Crippen LogP contribution in [0.4, 0.5) is 0 Å². The molecule has 0 radical (unpaired) electrons. The summed E-state index contributed by atoms with van der Waals surface area (Å²) in [7, 11) is 0. The molecule has 2 N–H and O–H groups in total. The topological polar surface area (TPSA) is 41.1 Å². The van der Waals surface area contributed by atoms with Crippen LogP contribution >= 0.6 is 0 Å². The number of fused-ring (bicyclic) bond motifs is 1. The Morgan fingerprint density at radius 2 is 1.95 bits per heavy atom. The molecule has 1 amide bonds. The molecule has 0 aliphatic carbocycles. The average molecular weight is 280 g/mol. The maximum absolute atomic E-state index is 12.0. The summed E-state index contributed by atoms with van der Waals surface area (Å²) in [6.45, 7) is 4.52. The Balaban J connectivity index is 1.58. The number of rotatable bonds is 4. The van der Waals surface area contributed by atoms with Crippen LogP contribution in [0.15, 0.2) is 42.5 Å². The van der Waals surface area contributed by atoms with E-state index in [2.05, 4.69) is 28.8 Å². The van der Waals surface area contributed by atoms with E-state index in [-0.39, 0.29) is 5.91 Å². The quantitative estimate of drug-likeness (QED) is 0.903. The molecule has 1 aliphatic rings. The first-order chi connectivity index (χ1) is 10.2. The van der Waals surface area contributed by atoms with Gasteiger partial charge in [-0.05, 0) is 34.7 Å². The van der Waals surface area contributed by atoms with Gasteiger partial charge in [0, 0.05) is 19.6 Å². The minimum atomic E-state index is 0.0722. The summed E-state index contributed by atoms with van der Waals surface area (Å²) >= 11 is 0. The molecule has 21 heavy (non-hydrogen) atoms. The van der Waals surface area contributed by atoms with Crippen molar-refractivity contribution in [3.8, 4) is 0 Å². The van der Waals surface area contributed by atoms with Crippen molar-refractivity contribution in [2.45, 2.75) is 33.0 Å². The first-order valence-electron chi connectivity index (χ1n) is 7.35. The highest BCUT2D eigenvalue weighted by atomic mass is 16.1. The molecule has 0 fully saturated rings. The molecule has 0 atom stereocenters. The number of hydrogen-bond acceptors (Lipinski definition) is 2. The van der Waals surface area contributed by atoms with Gasteiger partial charge < -0.3 is 10.6 Å². The largest absolute Gasteiger partial charge is 0.352 e. The van der Waals surface area contributed by atoms with Gasteiger partial charge in [0.25, 0.3) is 0 Å². The predicted octanol–water partition coefficient (Wildman–Crippen LogP) is 2.46. The summed E-state index contributed by atoms with van der Waals surface area (Å²) in [5.74, 6) is 0.0722. The molecule has 0 unspecified atom stereocenters. The van der Waals surface area contributed by atoms with E-state index in [4.69, 9.17) is 0 Å². The molecule has 3 rings (SSSR count). The zero-order valence-corrected chi connectivity index (χ0v) is 12.3. The highest BCUT2D eigenvalue weighted by molar-refractivity contribution is 5.78. The van der Waals surface area contributed by atoms with Crippen LogP contribution < -0.4 is 10.6 Å². The van der Waals surface area contributed by atoms with Crippen molar-refractivity contribution >= 4 is 5.91 Å². The standard InChI is InChI=1S/C18H20N2O/c1-13-4-2-3-5-15(13)9-18(21)20-10-14-6-7-16-11-19-12-17(16)8-14/h2-8,19H,9-12H2,1H3,(H,20,21). The fourth-order valence-corrected chi connectivity index (χ4v) is 2.70. The smallest absolute Gasteiger partial charge is 0.224 e. The highest BCUT2D eigenvalue weighted by Gasteiger charge is 2.10. The number of benzene rings is 2. The van der Waals surface area contributed by atoms with E-state index in [1.165, 1.54) is 11.1 Å². The van der Waals surface area contributed by atoms with E-state index in [1.54, 1.807) is 0 Å². The first-order valence-corrected chi connectivity index (χ1v) is 7.35. The molecule has 0 saturated heterocycles. The Hall–Kier alpha value is -2.13. The van der Waals surface area contributed by atoms with Crippen molar-refractivity contribution in [2.24, 2.45) is 0 Å². The van der Waals surface area contributed by atoms with Crippen LogP contribution in [0.25, 0.3) is 0 Å². The molecule has 108 valence electrons. The summed E-state index contributed by atoms with van der Waals surface area (Å²) in [4.78, 5) is 12.0. The van der Waals surface area contributed by atoms with Crippen molar-refractivity contribution in [2.75, 3.05) is 0 Å². The molecule has 0 saturated carbocycles. The summed E-state index contributed by atoms with van der Waals surface area (Å²) in [5.41, 5.74) is 6.13. The van der Waals surface area contributed by atoms with Gasteiger partial charge in [-0.1, -0.05) is 42.5 Å². The van der Waals surface area contributed by atoms with Crippen molar-refractivity contribution in [1.82, 2.24) is 10.6 Å². The van der Waals surface area contributed by atoms with Crippen LogP contribution in [-0.4, -0.2) is 5.91 Å². The molecule has 0 spiro atoms. The van der Waals surface area contributed by atoms with E-state index in [1.807, 2.05) is 31.2 Å². The van der Waals surface area contributed by atoms with Gasteiger partial charge in [0.05, 0.1) is 6.42 Å². The summed E-state index contributed by atoms with van der Waals surface area (Å²) in [6.07, 6.45) is 0.444. The van der Waals surface area contributed by atoms with Crippen LogP contribution in [0.3, 0.4) is 0 Å². The van der Waals surface area contributed by atoms with Crippen LogP contribution in [0, 0.1) is 6.92 Å². The monoisotopic (exact) mass is 280 g/mol. The lowest BCUT2D eigenvalue weighted by Crippen LogP contribution is -2.24.